The van der Waals surface area contributed by atoms with Crippen LogP contribution in [0.25, 0.3) is 22.0 Å². The lowest BCUT2D eigenvalue weighted by Crippen LogP contribution is -2.43. The smallest absolute Gasteiger partial charge is 0.248 e. The number of rotatable bonds is 7. The third kappa shape index (κ3) is 5.05. The van der Waals surface area contributed by atoms with Crippen molar-refractivity contribution in [1.29, 1.82) is 0 Å². The molecule has 1 aliphatic rings. The van der Waals surface area contributed by atoms with Crippen LogP contribution in [0.3, 0.4) is 0 Å². The highest BCUT2D eigenvalue weighted by Gasteiger charge is 2.24. The molecule has 1 saturated heterocycles. The fraction of sp³-hybridized carbons (Fsp3) is 0.385. The Morgan fingerprint density at radius 1 is 1.10 bits per heavy atom. The molecule has 1 amide bonds. The van der Waals surface area contributed by atoms with E-state index in [1.807, 2.05) is 36.2 Å². The quantitative estimate of drug-likeness (QED) is 0.506. The van der Waals surface area contributed by atoms with Crippen LogP contribution in [0.5, 0.6) is 5.75 Å². The predicted molar refractivity (Wildman–Crippen MR) is 123 cm³/mol. The van der Waals surface area contributed by atoms with Crippen molar-refractivity contribution < 1.29 is 14.3 Å². The second kappa shape index (κ2) is 9.92. The zero-order valence-corrected chi connectivity index (χ0v) is 18.3. The number of likely N-dealkylation sites (tertiary alicyclic amines) is 1. The van der Waals surface area contributed by atoms with Gasteiger partial charge in [0.15, 0.2) is 0 Å². The minimum Gasteiger partial charge on any atom is -0.490 e. The molecule has 1 aliphatic heterocycles. The molecule has 0 aliphatic carbocycles. The van der Waals surface area contributed by atoms with Crippen LogP contribution in [0.1, 0.15) is 31.7 Å². The molecule has 0 saturated carbocycles. The summed E-state index contributed by atoms with van der Waals surface area (Å²) in [5.41, 5.74) is 4.58. The van der Waals surface area contributed by atoms with Crippen LogP contribution in [0.15, 0.2) is 54.7 Å². The number of fused-ring (bicyclic) bond motifs is 1. The summed E-state index contributed by atoms with van der Waals surface area (Å²) in [6.07, 6.45) is 4.60. The lowest BCUT2D eigenvalue weighted by atomic mass is 9.98. The summed E-state index contributed by atoms with van der Waals surface area (Å²) in [7, 11) is 0. The number of nitrogens with zero attached hydrogens (tertiary/aromatic N) is 2. The molecule has 4 rings (SSSR count). The first-order valence-corrected chi connectivity index (χ1v) is 11.1. The number of benzene rings is 2. The lowest BCUT2D eigenvalue weighted by Gasteiger charge is -2.32. The highest BCUT2D eigenvalue weighted by molar-refractivity contribution is 5.88. The SMILES string of the molecule is CCCOCC(=O)N1CCC(Oc2ccc(-c3ccc4cccnc4c3C)cc2)CC1. The largest absolute Gasteiger partial charge is 0.490 e. The molecule has 5 nitrogen and oxygen atoms in total. The first-order valence-electron chi connectivity index (χ1n) is 11.1. The van der Waals surface area contributed by atoms with E-state index >= 15 is 0 Å². The number of aryl methyl sites for hydroxylation is 1. The van der Waals surface area contributed by atoms with Crippen LogP contribution in [-0.4, -0.2) is 48.2 Å². The van der Waals surface area contributed by atoms with E-state index in [0.29, 0.717) is 6.61 Å². The Kier molecular flexibility index (Phi) is 6.82. The molecule has 0 spiro atoms. The van der Waals surface area contributed by atoms with E-state index in [-0.39, 0.29) is 18.6 Å². The third-order valence-electron chi connectivity index (χ3n) is 5.86. The van der Waals surface area contributed by atoms with Gasteiger partial charge in [0.05, 0.1) is 5.52 Å². The first kappa shape index (κ1) is 21.3. The number of piperidine rings is 1. The van der Waals surface area contributed by atoms with Crippen LogP contribution in [0.4, 0.5) is 0 Å². The van der Waals surface area contributed by atoms with Gasteiger partial charge < -0.3 is 14.4 Å². The van der Waals surface area contributed by atoms with Crippen LogP contribution in [-0.2, 0) is 9.53 Å². The summed E-state index contributed by atoms with van der Waals surface area (Å²) in [5, 5.41) is 1.16. The van der Waals surface area contributed by atoms with Gasteiger partial charge in [0.1, 0.15) is 18.5 Å². The van der Waals surface area contributed by atoms with Gasteiger partial charge in [-0.15, -0.1) is 0 Å². The molecule has 3 aromatic rings. The Bertz CT molecular complexity index is 1020. The van der Waals surface area contributed by atoms with Crippen LogP contribution >= 0.6 is 0 Å². The van der Waals surface area contributed by atoms with Gasteiger partial charge in [0, 0.05) is 44.1 Å². The second-order valence-electron chi connectivity index (χ2n) is 8.09. The van der Waals surface area contributed by atoms with Gasteiger partial charge in [-0.2, -0.15) is 0 Å². The van der Waals surface area contributed by atoms with E-state index in [2.05, 4.69) is 42.2 Å². The number of carbonyl (C=O) groups is 1. The van der Waals surface area contributed by atoms with Gasteiger partial charge in [-0.25, -0.2) is 0 Å². The van der Waals surface area contributed by atoms with Crippen molar-refractivity contribution in [3.05, 3.63) is 60.3 Å². The summed E-state index contributed by atoms with van der Waals surface area (Å²) in [4.78, 5) is 18.6. The molecule has 31 heavy (non-hydrogen) atoms. The zero-order valence-electron chi connectivity index (χ0n) is 18.3. The minimum absolute atomic E-state index is 0.0801. The number of hydrogen-bond donors (Lipinski definition) is 0. The van der Waals surface area contributed by atoms with Crippen molar-refractivity contribution in [2.75, 3.05) is 26.3 Å². The predicted octanol–water partition coefficient (Wildman–Crippen LogP) is 5.01. The average molecular weight is 419 g/mol. The molecule has 1 fully saturated rings. The molecule has 2 heterocycles. The number of hydrogen-bond acceptors (Lipinski definition) is 4. The molecule has 162 valence electrons. The van der Waals surface area contributed by atoms with E-state index in [4.69, 9.17) is 9.47 Å². The minimum atomic E-state index is 0.0801. The summed E-state index contributed by atoms with van der Waals surface area (Å²) >= 11 is 0. The number of carbonyl (C=O) groups excluding carboxylic acids is 1. The van der Waals surface area contributed by atoms with Gasteiger partial charge >= 0.3 is 0 Å². The first-order chi connectivity index (χ1) is 15.2. The number of pyridine rings is 1. The van der Waals surface area contributed by atoms with Crippen LogP contribution in [0, 0.1) is 6.92 Å². The zero-order chi connectivity index (χ0) is 21.6. The highest BCUT2D eigenvalue weighted by atomic mass is 16.5. The van der Waals surface area contributed by atoms with Gasteiger partial charge in [0.2, 0.25) is 5.91 Å². The Hall–Kier alpha value is -2.92. The molecule has 2 aromatic carbocycles. The Morgan fingerprint density at radius 3 is 2.61 bits per heavy atom. The number of aromatic nitrogens is 1. The molecule has 0 radical (unpaired) electrons. The molecular weight excluding hydrogens is 388 g/mol. The monoisotopic (exact) mass is 418 g/mol. The van der Waals surface area contributed by atoms with Crippen molar-refractivity contribution in [1.82, 2.24) is 9.88 Å². The fourth-order valence-corrected chi connectivity index (χ4v) is 4.13. The Morgan fingerprint density at radius 2 is 1.87 bits per heavy atom. The molecular formula is C26H30N2O3. The molecule has 0 N–H and O–H groups in total. The van der Waals surface area contributed by atoms with Crippen molar-refractivity contribution in [3.63, 3.8) is 0 Å². The van der Waals surface area contributed by atoms with Gasteiger partial charge in [0.25, 0.3) is 0 Å². The Balaban J connectivity index is 1.35. The van der Waals surface area contributed by atoms with Gasteiger partial charge in [-0.1, -0.05) is 37.3 Å². The second-order valence-corrected chi connectivity index (χ2v) is 8.09. The lowest BCUT2D eigenvalue weighted by molar-refractivity contribution is -0.137. The van der Waals surface area contributed by atoms with E-state index in [9.17, 15) is 4.79 Å². The fourth-order valence-electron chi connectivity index (χ4n) is 4.13. The number of ether oxygens (including phenoxy) is 2. The highest BCUT2D eigenvalue weighted by Crippen LogP contribution is 2.30. The molecule has 5 heteroatoms. The maximum absolute atomic E-state index is 12.2. The summed E-state index contributed by atoms with van der Waals surface area (Å²) in [5.74, 6) is 0.952. The normalized spacial score (nSPS) is 14.7. The summed E-state index contributed by atoms with van der Waals surface area (Å²) < 4.78 is 11.6. The van der Waals surface area contributed by atoms with Crippen molar-refractivity contribution in [2.45, 2.75) is 39.2 Å². The maximum Gasteiger partial charge on any atom is 0.248 e. The van der Waals surface area contributed by atoms with E-state index < -0.39 is 0 Å². The van der Waals surface area contributed by atoms with Crippen molar-refractivity contribution in [2.24, 2.45) is 0 Å². The topological polar surface area (TPSA) is 51.7 Å². The van der Waals surface area contributed by atoms with Crippen LogP contribution < -0.4 is 4.74 Å². The van der Waals surface area contributed by atoms with Crippen LogP contribution in [0.2, 0.25) is 0 Å². The van der Waals surface area contributed by atoms with Gasteiger partial charge in [-0.05, 0) is 48.2 Å². The molecule has 0 atom stereocenters. The van der Waals surface area contributed by atoms with E-state index in [0.717, 1.165) is 54.6 Å². The molecule has 1 aromatic heterocycles. The molecule has 0 bridgehead atoms. The molecule has 0 unspecified atom stereocenters. The Labute approximate surface area is 184 Å². The average Bonchev–Trinajstić information content (AvgIpc) is 2.81. The van der Waals surface area contributed by atoms with E-state index in [1.165, 1.54) is 11.1 Å². The standard InChI is InChI=1S/C26H30N2O3/c1-3-17-30-18-25(29)28-15-12-23(13-16-28)31-22-9-6-20(7-10-22)24-11-8-21-5-4-14-27-26(21)19(24)2/h4-11,14,23H,3,12-13,15-18H2,1-2H3. The van der Waals surface area contributed by atoms with Crippen molar-refractivity contribution >= 4 is 16.8 Å². The van der Waals surface area contributed by atoms with Gasteiger partial charge in [-0.3, -0.25) is 9.78 Å². The maximum atomic E-state index is 12.2. The summed E-state index contributed by atoms with van der Waals surface area (Å²) in [6.45, 7) is 6.43. The van der Waals surface area contributed by atoms with E-state index in [1.54, 1.807) is 0 Å². The third-order valence-corrected chi connectivity index (χ3v) is 5.86. The number of amides is 1. The van der Waals surface area contributed by atoms with Crippen molar-refractivity contribution in [3.8, 4) is 16.9 Å². The summed E-state index contributed by atoms with van der Waals surface area (Å²) in [6, 6.07) is 16.6.